The summed E-state index contributed by atoms with van der Waals surface area (Å²) >= 11 is 6.08. The van der Waals surface area contributed by atoms with E-state index in [4.69, 9.17) is 26.8 Å². The van der Waals surface area contributed by atoms with Gasteiger partial charge in [-0.15, -0.1) is 0 Å². The van der Waals surface area contributed by atoms with Crippen LogP contribution in [0, 0.1) is 0 Å². The zero-order chi connectivity index (χ0) is 14.4. The molecule has 0 aromatic heterocycles. The van der Waals surface area contributed by atoms with Crippen LogP contribution in [-0.4, -0.2) is 19.8 Å². The summed E-state index contributed by atoms with van der Waals surface area (Å²) in [4.78, 5) is 0. The summed E-state index contributed by atoms with van der Waals surface area (Å²) in [6.45, 7) is 6.52. The van der Waals surface area contributed by atoms with Gasteiger partial charge in [0, 0.05) is 22.7 Å². The normalized spacial score (nSPS) is 11.9. The Balaban J connectivity index is 3.05. The summed E-state index contributed by atoms with van der Waals surface area (Å²) in [7, 11) is 1.61. The van der Waals surface area contributed by atoms with Crippen molar-refractivity contribution in [2.75, 3.05) is 13.7 Å². The fraction of sp³-hybridized carbons (Fsp3) is 0.467. The lowest BCUT2D eigenvalue weighted by atomic mass is 10.1. The maximum Gasteiger partial charge on any atom is 0.164 e. The summed E-state index contributed by atoms with van der Waals surface area (Å²) in [5.74, 6) is 1.37. The van der Waals surface area contributed by atoms with Crippen molar-refractivity contribution in [3.05, 3.63) is 34.4 Å². The zero-order valence-electron chi connectivity index (χ0n) is 12.0. The average molecular weight is 284 g/mol. The van der Waals surface area contributed by atoms with Crippen LogP contribution >= 0.6 is 11.6 Å². The Hall–Kier alpha value is -1.19. The SMILES string of the molecule is COc1cc(Cl)cc(CC(C)N)c1OCC=C(C)C. The second kappa shape index (κ2) is 7.41. The number of hydrogen-bond acceptors (Lipinski definition) is 3. The first kappa shape index (κ1) is 15.9. The molecule has 0 saturated heterocycles. The van der Waals surface area contributed by atoms with Crippen molar-refractivity contribution in [1.82, 2.24) is 0 Å². The van der Waals surface area contributed by atoms with Crippen LogP contribution in [0.15, 0.2) is 23.8 Å². The molecule has 1 aromatic carbocycles. The molecular formula is C15H22ClNO2. The molecule has 2 N–H and O–H groups in total. The van der Waals surface area contributed by atoms with Gasteiger partial charge in [-0.2, -0.15) is 0 Å². The van der Waals surface area contributed by atoms with E-state index in [2.05, 4.69) is 0 Å². The van der Waals surface area contributed by atoms with Gasteiger partial charge in [0.2, 0.25) is 0 Å². The molecule has 0 aliphatic heterocycles. The molecule has 106 valence electrons. The second-order valence-electron chi connectivity index (χ2n) is 4.87. The third-order valence-electron chi connectivity index (χ3n) is 2.58. The molecule has 0 aliphatic rings. The highest BCUT2D eigenvalue weighted by Crippen LogP contribution is 2.35. The first-order valence-electron chi connectivity index (χ1n) is 6.32. The Labute approximate surface area is 120 Å². The number of allylic oxidation sites excluding steroid dienone is 1. The maximum absolute atomic E-state index is 6.08. The molecule has 0 spiro atoms. The van der Waals surface area contributed by atoms with Gasteiger partial charge in [-0.25, -0.2) is 0 Å². The number of nitrogens with two attached hydrogens (primary N) is 1. The average Bonchev–Trinajstić information content (AvgIpc) is 2.30. The predicted octanol–water partition coefficient (Wildman–Crippen LogP) is 3.58. The molecule has 1 aromatic rings. The van der Waals surface area contributed by atoms with E-state index in [0.29, 0.717) is 23.8 Å². The fourth-order valence-electron chi connectivity index (χ4n) is 1.73. The van der Waals surface area contributed by atoms with Gasteiger partial charge in [0.15, 0.2) is 11.5 Å². The van der Waals surface area contributed by atoms with E-state index in [-0.39, 0.29) is 6.04 Å². The van der Waals surface area contributed by atoms with Crippen molar-refractivity contribution in [2.45, 2.75) is 33.2 Å². The van der Waals surface area contributed by atoms with Crippen LogP contribution in [0.4, 0.5) is 0 Å². The van der Waals surface area contributed by atoms with E-state index in [1.165, 1.54) is 5.57 Å². The standard InChI is InChI=1S/C15H22ClNO2/c1-10(2)5-6-19-15-12(7-11(3)17)8-13(16)9-14(15)18-4/h5,8-9,11H,6-7,17H2,1-4H3. The van der Waals surface area contributed by atoms with E-state index in [0.717, 1.165) is 11.3 Å². The lowest BCUT2D eigenvalue weighted by Crippen LogP contribution is -2.18. The van der Waals surface area contributed by atoms with E-state index in [1.54, 1.807) is 13.2 Å². The van der Waals surface area contributed by atoms with Gasteiger partial charge in [-0.1, -0.05) is 17.2 Å². The Bertz CT molecular complexity index is 452. The third-order valence-corrected chi connectivity index (χ3v) is 2.80. The number of hydrogen-bond donors (Lipinski definition) is 1. The Kier molecular flexibility index (Phi) is 6.19. The van der Waals surface area contributed by atoms with Gasteiger partial charge in [0.25, 0.3) is 0 Å². The lowest BCUT2D eigenvalue weighted by molar-refractivity contribution is 0.321. The number of halogens is 1. The minimum Gasteiger partial charge on any atom is -0.493 e. The first-order chi connectivity index (χ1) is 8.93. The summed E-state index contributed by atoms with van der Waals surface area (Å²) in [5.41, 5.74) is 8.04. The van der Waals surface area contributed by atoms with Gasteiger partial charge in [-0.3, -0.25) is 0 Å². The van der Waals surface area contributed by atoms with Gasteiger partial charge in [0.05, 0.1) is 7.11 Å². The van der Waals surface area contributed by atoms with E-state index >= 15 is 0 Å². The smallest absolute Gasteiger partial charge is 0.164 e. The molecule has 0 heterocycles. The molecule has 1 rings (SSSR count). The molecule has 0 bridgehead atoms. The molecule has 19 heavy (non-hydrogen) atoms. The summed E-state index contributed by atoms with van der Waals surface area (Å²) in [6.07, 6.45) is 2.71. The van der Waals surface area contributed by atoms with Crippen LogP contribution in [0.1, 0.15) is 26.3 Å². The van der Waals surface area contributed by atoms with Gasteiger partial charge in [0.1, 0.15) is 6.61 Å². The second-order valence-corrected chi connectivity index (χ2v) is 5.31. The van der Waals surface area contributed by atoms with Crippen LogP contribution in [0.3, 0.4) is 0 Å². The summed E-state index contributed by atoms with van der Waals surface area (Å²) in [5, 5.41) is 0.627. The number of methoxy groups -OCH3 is 1. The summed E-state index contributed by atoms with van der Waals surface area (Å²) in [6, 6.07) is 3.67. The highest BCUT2D eigenvalue weighted by atomic mass is 35.5. The molecule has 4 heteroatoms. The van der Waals surface area contributed by atoms with E-state index in [1.807, 2.05) is 32.9 Å². The molecule has 1 unspecified atom stereocenters. The first-order valence-corrected chi connectivity index (χ1v) is 6.70. The van der Waals surface area contributed by atoms with Gasteiger partial charge >= 0.3 is 0 Å². The lowest BCUT2D eigenvalue weighted by Gasteiger charge is -2.16. The highest BCUT2D eigenvalue weighted by molar-refractivity contribution is 6.30. The van der Waals surface area contributed by atoms with Crippen molar-refractivity contribution >= 4 is 11.6 Å². The topological polar surface area (TPSA) is 44.5 Å². The Morgan fingerprint density at radius 1 is 1.42 bits per heavy atom. The monoisotopic (exact) mass is 283 g/mol. The molecule has 0 radical (unpaired) electrons. The Morgan fingerprint density at radius 2 is 2.11 bits per heavy atom. The molecular weight excluding hydrogens is 262 g/mol. The number of benzene rings is 1. The molecule has 0 amide bonds. The molecule has 0 saturated carbocycles. The predicted molar refractivity (Wildman–Crippen MR) is 80.3 cm³/mol. The van der Waals surface area contributed by atoms with E-state index in [9.17, 15) is 0 Å². The van der Waals surface area contributed by atoms with Crippen LogP contribution in [-0.2, 0) is 6.42 Å². The Morgan fingerprint density at radius 3 is 2.63 bits per heavy atom. The third kappa shape index (κ3) is 5.13. The van der Waals surface area contributed by atoms with Crippen molar-refractivity contribution in [2.24, 2.45) is 5.73 Å². The van der Waals surface area contributed by atoms with Crippen LogP contribution in [0.5, 0.6) is 11.5 Å². The highest BCUT2D eigenvalue weighted by Gasteiger charge is 2.13. The van der Waals surface area contributed by atoms with Crippen molar-refractivity contribution in [3.63, 3.8) is 0 Å². The molecule has 1 atom stereocenters. The van der Waals surface area contributed by atoms with Crippen molar-refractivity contribution in [1.29, 1.82) is 0 Å². The molecule has 0 fully saturated rings. The quantitative estimate of drug-likeness (QED) is 0.812. The van der Waals surface area contributed by atoms with Gasteiger partial charge in [-0.05, 0) is 39.3 Å². The number of ether oxygens (including phenoxy) is 2. The van der Waals surface area contributed by atoms with Crippen molar-refractivity contribution in [3.8, 4) is 11.5 Å². The molecule has 0 aliphatic carbocycles. The maximum atomic E-state index is 6.08. The number of rotatable bonds is 6. The van der Waals surface area contributed by atoms with Gasteiger partial charge < -0.3 is 15.2 Å². The molecule has 3 nitrogen and oxygen atoms in total. The minimum atomic E-state index is 0.0361. The van der Waals surface area contributed by atoms with Crippen LogP contribution in [0.2, 0.25) is 5.02 Å². The van der Waals surface area contributed by atoms with Crippen molar-refractivity contribution < 1.29 is 9.47 Å². The zero-order valence-corrected chi connectivity index (χ0v) is 12.8. The fourth-order valence-corrected chi connectivity index (χ4v) is 1.96. The van der Waals surface area contributed by atoms with E-state index < -0.39 is 0 Å². The summed E-state index contributed by atoms with van der Waals surface area (Å²) < 4.78 is 11.1. The largest absolute Gasteiger partial charge is 0.493 e. The minimum absolute atomic E-state index is 0.0361. The van der Waals surface area contributed by atoms with Crippen LogP contribution < -0.4 is 15.2 Å². The van der Waals surface area contributed by atoms with Crippen LogP contribution in [0.25, 0.3) is 0 Å².